The maximum absolute atomic E-state index is 12.2. The van der Waals surface area contributed by atoms with Gasteiger partial charge in [0.1, 0.15) is 0 Å². The van der Waals surface area contributed by atoms with Crippen LogP contribution in [-0.4, -0.2) is 59.5 Å². The van der Waals surface area contributed by atoms with Crippen LogP contribution in [0.1, 0.15) is 10.4 Å². The van der Waals surface area contributed by atoms with Gasteiger partial charge in [-0.15, -0.1) is 0 Å². The number of hydrogen-bond acceptors (Lipinski definition) is 6. The largest absolute Gasteiger partial charge is 0.452 e. The van der Waals surface area contributed by atoms with Gasteiger partial charge in [0.2, 0.25) is 5.95 Å². The molecule has 0 atom stereocenters. The first kappa shape index (κ1) is 17.2. The molecule has 1 amide bonds. The first-order valence-electron chi connectivity index (χ1n) is 7.86. The van der Waals surface area contributed by atoms with E-state index in [0.717, 1.165) is 0 Å². The van der Waals surface area contributed by atoms with E-state index in [1.54, 1.807) is 47.6 Å². The Morgan fingerprint density at radius 2 is 1.72 bits per heavy atom. The molecule has 7 nitrogen and oxygen atoms in total. The second kappa shape index (κ2) is 7.94. The second-order valence-corrected chi connectivity index (χ2v) is 5.88. The Bertz CT molecular complexity index is 749. The lowest BCUT2D eigenvalue weighted by Gasteiger charge is -2.34. The minimum absolute atomic E-state index is 0.228. The van der Waals surface area contributed by atoms with E-state index in [1.165, 1.54) is 0 Å². The first-order chi connectivity index (χ1) is 12.1. The molecule has 0 unspecified atom stereocenters. The Labute approximate surface area is 150 Å². The van der Waals surface area contributed by atoms with E-state index in [-0.39, 0.29) is 18.1 Å². The minimum Gasteiger partial charge on any atom is -0.452 e. The molecular formula is C17H17ClN4O3. The maximum atomic E-state index is 12.2. The van der Waals surface area contributed by atoms with Gasteiger partial charge in [-0.2, -0.15) is 0 Å². The third-order valence-corrected chi connectivity index (χ3v) is 4.22. The fraction of sp³-hybridized carbons (Fsp3) is 0.294. The van der Waals surface area contributed by atoms with Gasteiger partial charge in [0.15, 0.2) is 6.61 Å². The smallest absolute Gasteiger partial charge is 0.340 e. The van der Waals surface area contributed by atoms with Crippen LogP contribution in [0, 0.1) is 0 Å². The summed E-state index contributed by atoms with van der Waals surface area (Å²) in [7, 11) is 0. The van der Waals surface area contributed by atoms with Gasteiger partial charge in [-0.1, -0.05) is 23.7 Å². The Balaban J connectivity index is 1.48. The Hall–Kier alpha value is -2.67. The van der Waals surface area contributed by atoms with Crippen molar-refractivity contribution in [1.29, 1.82) is 0 Å². The molecule has 8 heteroatoms. The molecule has 0 bridgehead atoms. The van der Waals surface area contributed by atoms with Crippen LogP contribution in [-0.2, 0) is 9.53 Å². The lowest BCUT2D eigenvalue weighted by atomic mass is 10.2. The average Bonchev–Trinajstić information content (AvgIpc) is 2.67. The summed E-state index contributed by atoms with van der Waals surface area (Å²) in [6, 6.07) is 8.34. The lowest BCUT2D eigenvalue weighted by molar-refractivity contribution is -0.134. The van der Waals surface area contributed by atoms with E-state index in [2.05, 4.69) is 9.97 Å². The van der Waals surface area contributed by atoms with Crippen LogP contribution in [0.25, 0.3) is 0 Å². The van der Waals surface area contributed by atoms with E-state index in [0.29, 0.717) is 37.1 Å². The molecule has 0 saturated carbocycles. The number of piperazine rings is 1. The fourth-order valence-electron chi connectivity index (χ4n) is 2.53. The highest BCUT2D eigenvalue weighted by atomic mass is 35.5. The van der Waals surface area contributed by atoms with Gasteiger partial charge in [-0.25, -0.2) is 14.8 Å². The number of carbonyl (C=O) groups excluding carboxylic acids is 2. The monoisotopic (exact) mass is 360 g/mol. The van der Waals surface area contributed by atoms with Crippen molar-refractivity contribution in [3.63, 3.8) is 0 Å². The van der Waals surface area contributed by atoms with Crippen LogP contribution < -0.4 is 4.90 Å². The number of halogens is 1. The van der Waals surface area contributed by atoms with Crippen molar-refractivity contribution in [2.75, 3.05) is 37.7 Å². The van der Waals surface area contributed by atoms with Crippen molar-refractivity contribution in [3.8, 4) is 0 Å². The zero-order valence-electron chi connectivity index (χ0n) is 13.5. The van der Waals surface area contributed by atoms with Crippen LogP contribution in [0.2, 0.25) is 5.02 Å². The molecule has 1 aliphatic heterocycles. The van der Waals surface area contributed by atoms with Crippen molar-refractivity contribution in [2.45, 2.75) is 0 Å². The summed E-state index contributed by atoms with van der Waals surface area (Å²) in [4.78, 5) is 36.3. The van der Waals surface area contributed by atoms with Gasteiger partial charge in [0.25, 0.3) is 5.91 Å². The van der Waals surface area contributed by atoms with E-state index >= 15 is 0 Å². The van der Waals surface area contributed by atoms with Crippen LogP contribution >= 0.6 is 11.6 Å². The molecule has 3 rings (SSSR count). The Kier molecular flexibility index (Phi) is 5.45. The zero-order chi connectivity index (χ0) is 17.6. The molecule has 2 heterocycles. The molecule has 0 aliphatic carbocycles. The number of amides is 1. The Morgan fingerprint density at radius 3 is 2.40 bits per heavy atom. The molecule has 1 saturated heterocycles. The van der Waals surface area contributed by atoms with Crippen molar-refractivity contribution < 1.29 is 14.3 Å². The van der Waals surface area contributed by atoms with Crippen molar-refractivity contribution in [3.05, 3.63) is 53.3 Å². The molecule has 0 N–H and O–H groups in total. The van der Waals surface area contributed by atoms with Gasteiger partial charge in [0, 0.05) is 38.6 Å². The number of rotatable bonds is 4. The quantitative estimate of drug-likeness (QED) is 0.771. The summed E-state index contributed by atoms with van der Waals surface area (Å²) in [5.41, 5.74) is 0.253. The molecule has 130 valence electrons. The zero-order valence-corrected chi connectivity index (χ0v) is 14.2. The lowest BCUT2D eigenvalue weighted by Crippen LogP contribution is -2.50. The summed E-state index contributed by atoms with van der Waals surface area (Å²) in [5, 5.41) is 0.302. The van der Waals surface area contributed by atoms with E-state index in [9.17, 15) is 9.59 Å². The minimum atomic E-state index is -0.602. The van der Waals surface area contributed by atoms with Crippen LogP contribution in [0.5, 0.6) is 0 Å². The topological polar surface area (TPSA) is 75.6 Å². The molecule has 1 aromatic carbocycles. The number of carbonyl (C=O) groups is 2. The first-order valence-corrected chi connectivity index (χ1v) is 8.24. The number of benzene rings is 1. The number of aromatic nitrogens is 2. The molecule has 1 aliphatic rings. The van der Waals surface area contributed by atoms with Crippen molar-refractivity contribution in [1.82, 2.24) is 14.9 Å². The summed E-state index contributed by atoms with van der Waals surface area (Å²) in [6.45, 7) is 2.02. The average molecular weight is 361 g/mol. The molecule has 1 fully saturated rings. The van der Waals surface area contributed by atoms with Gasteiger partial charge in [0.05, 0.1) is 10.6 Å². The molecule has 0 spiro atoms. The molecule has 25 heavy (non-hydrogen) atoms. The van der Waals surface area contributed by atoms with Gasteiger partial charge >= 0.3 is 5.97 Å². The van der Waals surface area contributed by atoms with Crippen molar-refractivity contribution >= 4 is 29.4 Å². The van der Waals surface area contributed by atoms with Gasteiger partial charge in [-0.3, -0.25) is 4.79 Å². The van der Waals surface area contributed by atoms with Crippen LogP contribution in [0.15, 0.2) is 42.7 Å². The normalized spacial score (nSPS) is 14.3. The van der Waals surface area contributed by atoms with Crippen molar-refractivity contribution in [2.24, 2.45) is 0 Å². The fourth-order valence-corrected chi connectivity index (χ4v) is 2.75. The van der Waals surface area contributed by atoms with E-state index in [1.807, 2.05) is 4.90 Å². The SMILES string of the molecule is O=C(OCC(=O)N1CCN(c2ncccn2)CC1)c1ccccc1Cl. The molecule has 2 aromatic rings. The number of anilines is 1. The Morgan fingerprint density at radius 1 is 1.04 bits per heavy atom. The standard InChI is InChI=1S/C17H17ClN4O3/c18-14-5-2-1-4-13(14)16(24)25-12-15(23)21-8-10-22(11-9-21)17-19-6-3-7-20-17/h1-7H,8-12H2. The number of ether oxygens (including phenoxy) is 1. The van der Waals surface area contributed by atoms with Crippen LogP contribution in [0.3, 0.4) is 0 Å². The third-order valence-electron chi connectivity index (χ3n) is 3.89. The summed E-state index contributed by atoms with van der Waals surface area (Å²) in [5.74, 6) is -0.177. The second-order valence-electron chi connectivity index (χ2n) is 5.47. The molecule has 1 aromatic heterocycles. The van der Waals surface area contributed by atoms with Gasteiger partial charge < -0.3 is 14.5 Å². The van der Waals surface area contributed by atoms with E-state index in [4.69, 9.17) is 16.3 Å². The highest BCUT2D eigenvalue weighted by Gasteiger charge is 2.23. The van der Waals surface area contributed by atoms with E-state index < -0.39 is 5.97 Å². The summed E-state index contributed by atoms with van der Waals surface area (Å²) in [6.07, 6.45) is 3.38. The predicted octanol–water partition coefficient (Wildman–Crippen LogP) is 1.64. The predicted molar refractivity (Wildman–Crippen MR) is 92.6 cm³/mol. The maximum Gasteiger partial charge on any atom is 0.340 e. The number of hydrogen-bond donors (Lipinski definition) is 0. The molecular weight excluding hydrogens is 344 g/mol. The van der Waals surface area contributed by atoms with Crippen LogP contribution in [0.4, 0.5) is 5.95 Å². The van der Waals surface area contributed by atoms with Gasteiger partial charge in [-0.05, 0) is 18.2 Å². The number of esters is 1. The summed E-state index contributed by atoms with van der Waals surface area (Å²) < 4.78 is 5.08. The number of nitrogens with zero attached hydrogens (tertiary/aromatic N) is 4. The summed E-state index contributed by atoms with van der Waals surface area (Å²) >= 11 is 5.94. The molecule has 0 radical (unpaired) electrons. The third kappa shape index (κ3) is 4.24. The highest BCUT2D eigenvalue weighted by molar-refractivity contribution is 6.33. The highest BCUT2D eigenvalue weighted by Crippen LogP contribution is 2.16.